The lowest BCUT2D eigenvalue weighted by atomic mass is 10.1. The molecule has 0 radical (unpaired) electrons. The van der Waals surface area contributed by atoms with Crippen molar-refractivity contribution < 1.29 is 5.11 Å². The summed E-state index contributed by atoms with van der Waals surface area (Å²) in [7, 11) is 0. The maximum atomic E-state index is 8.78. The van der Waals surface area contributed by atoms with E-state index in [1.165, 1.54) is 0 Å². The van der Waals surface area contributed by atoms with Crippen LogP contribution in [0.5, 0.6) is 0 Å². The van der Waals surface area contributed by atoms with Crippen molar-refractivity contribution in [1.29, 1.82) is 0 Å². The number of aliphatic hydroxyl groups is 1. The Morgan fingerprint density at radius 3 is 2.91 bits per heavy atom. The first-order valence-corrected chi connectivity index (χ1v) is 4.65. The van der Waals surface area contributed by atoms with Crippen molar-refractivity contribution in [3.8, 4) is 0 Å². The molecule has 0 aromatic carbocycles. The van der Waals surface area contributed by atoms with Gasteiger partial charge in [-0.1, -0.05) is 13.8 Å². The number of hydrogen-bond acceptors (Lipinski definition) is 3. The minimum Gasteiger partial charge on any atom is -0.391 e. The van der Waals surface area contributed by atoms with Gasteiger partial charge in [-0.15, -0.1) is 11.3 Å². The Balaban J connectivity index is 2.71. The highest BCUT2D eigenvalue weighted by Crippen LogP contribution is 2.23. The van der Waals surface area contributed by atoms with Gasteiger partial charge in [-0.2, -0.15) is 0 Å². The summed E-state index contributed by atoms with van der Waals surface area (Å²) in [4.78, 5) is 5.17. The second-order valence-electron chi connectivity index (χ2n) is 2.63. The van der Waals surface area contributed by atoms with Gasteiger partial charge < -0.3 is 5.11 Å². The van der Waals surface area contributed by atoms with Gasteiger partial charge in [0, 0.05) is 12.1 Å². The normalized spacial score (nSPS) is 13.4. The van der Waals surface area contributed by atoms with E-state index in [0.717, 1.165) is 16.3 Å². The molecule has 2 nitrogen and oxygen atoms in total. The van der Waals surface area contributed by atoms with Crippen molar-refractivity contribution in [2.24, 2.45) is 0 Å². The molecule has 0 saturated heterocycles. The molecule has 11 heavy (non-hydrogen) atoms. The first-order chi connectivity index (χ1) is 5.27. The molecule has 0 aliphatic carbocycles. The van der Waals surface area contributed by atoms with Gasteiger partial charge in [-0.25, -0.2) is 4.98 Å². The molecule has 0 amide bonds. The smallest absolute Gasteiger partial charge is 0.0956 e. The highest BCUT2D eigenvalue weighted by Gasteiger charge is 2.07. The van der Waals surface area contributed by atoms with E-state index in [-0.39, 0.29) is 6.61 Å². The third-order valence-electron chi connectivity index (χ3n) is 1.76. The first-order valence-electron chi connectivity index (χ1n) is 3.83. The van der Waals surface area contributed by atoms with Gasteiger partial charge >= 0.3 is 0 Å². The SMILES string of the molecule is CCC(C)c1ncc(CO)s1. The maximum absolute atomic E-state index is 8.78. The third-order valence-corrected chi connectivity index (χ3v) is 2.97. The molecule has 0 spiro atoms. The summed E-state index contributed by atoms with van der Waals surface area (Å²) in [6.07, 6.45) is 2.87. The molecular weight excluding hydrogens is 158 g/mol. The molecule has 62 valence electrons. The molecule has 1 atom stereocenters. The molecular formula is C8H13NOS. The number of aliphatic hydroxyl groups excluding tert-OH is 1. The number of thiazole rings is 1. The lowest BCUT2D eigenvalue weighted by molar-refractivity contribution is 0.285. The molecule has 0 fully saturated rings. The highest BCUT2D eigenvalue weighted by molar-refractivity contribution is 7.11. The average Bonchev–Trinajstić information content (AvgIpc) is 2.50. The van der Waals surface area contributed by atoms with E-state index in [4.69, 9.17) is 5.11 Å². The van der Waals surface area contributed by atoms with Crippen LogP contribution in [-0.2, 0) is 6.61 Å². The molecule has 1 unspecified atom stereocenters. The number of rotatable bonds is 3. The second kappa shape index (κ2) is 3.83. The van der Waals surface area contributed by atoms with Crippen molar-refractivity contribution in [2.45, 2.75) is 32.8 Å². The Kier molecular flexibility index (Phi) is 3.02. The topological polar surface area (TPSA) is 33.1 Å². The third kappa shape index (κ3) is 2.01. The monoisotopic (exact) mass is 171 g/mol. The average molecular weight is 171 g/mol. The number of nitrogens with zero attached hydrogens (tertiary/aromatic N) is 1. The fourth-order valence-corrected chi connectivity index (χ4v) is 1.71. The van der Waals surface area contributed by atoms with Gasteiger partial charge in [-0.3, -0.25) is 0 Å². The zero-order valence-corrected chi connectivity index (χ0v) is 7.69. The van der Waals surface area contributed by atoms with E-state index < -0.39 is 0 Å². The van der Waals surface area contributed by atoms with Crippen LogP contribution in [0.2, 0.25) is 0 Å². The lowest BCUT2D eigenvalue weighted by Crippen LogP contribution is -1.87. The Bertz CT molecular complexity index is 222. The fourth-order valence-electron chi connectivity index (χ4n) is 0.798. The molecule has 1 aromatic rings. The minimum atomic E-state index is 0.119. The van der Waals surface area contributed by atoms with Gasteiger partial charge in [0.15, 0.2) is 0 Å². The van der Waals surface area contributed by atoms with Crippen molar-refractivity contribution in [2.75, 3.05) is 0 Å². The van der Waals surface area contributed by atoms with Crippen LogP contribution in [0.1, 0.15) is 36.1 Å². The Morgan fingerprint density at radius 1 is 1.73 bits per heavy atom. The van der Waals surface area contributed by atoms with E-state index in [9.17, 15) is 0 Å². The fraction of sp³-hybridized carbons (Fsp3) is 0.625. The highest BCUT2D eigenvalue weighted by atomic mass is 32.1. The van der Waals surface area contributed by atoms with Crippen LogP contribution in [0, 0.1) is 0 Å². The predicted octanol–water partition coefficient (Wildman–Crippen LogP) is 2.15. The minimum absolute atomic E-state index is 0.119. The Hall–Kier alpha value is -0.410. The molecule has 0 bridgehead atoms. The van der Waals surface area contributed by atoms with Gasteiger partial charge in [-0.05, 0) is 6.42 Å². The zero-order chi connectivity index (χ0) is 8.27. The quantitative estimate of drug-likeness (QED) is 0.756. The van der Waals surface area contributed by atoms with Crippen LogP contribution in [0.3, 0.4) is 0 Å². The van der Waals surface area contributed by atoms with Gasteiger partial charge in [0.05, 0.1) is 16.5 Å². The molecule has 1 aromatic heterocycles. The summed E-state index contributed by atoms with van der Waals surface area (Å²) >= 11 is 1.60. The van der Waals surface area contributed by atoms with Crippen LogP contribution in [0.15, 0.2) is 6.20 Å². The number of hydrogen-bond donors (Lipinski definition) is 1. The molecule has 0 aliphatic heterocycles. The summed E-state index contributed by atoms with van der Waals surface area (Å²) in [5.41, 5.74) is 0. The summed E-state index contributed by atoms with van der Waals surface area (Å²) in [5.74, 6) is 0.528. The molecule has 0 aliphatic rings. The van der Waals surface area contributed by atoms with Gasteiger partial charge in [0.2, 0.25) is 0 Å². The standard InChI is InChI=1S/C8H13NOS/c1-3-6(2)8-9-4-7(5-10)11-8/h4,6,10H,3,5H2,1-2H3. The second-order valence-corrected chi connectivity index (χ2v) is 3.78. The Morgan fingerprint density at radius 2 is 2.45 bits per heavy atom. The van der Waals surface area contributed by atoms with Crippen LogP contribution in [-0.4, -0.2) is 10.1 Å². The number of aromatic nitrogens is 1. The van der Waals surface area contributed by atoms with E-state index in [2.05, 4.69) is 18.8 Å². The summed E-state index contributed by atoms with van der Waals surface area (Å²) in [6, 6.07) is 0. The zero-order valence-electron chi connectivity index (χ0n) is 6.87. The molecule has 1 N–H and O–H groups in total. The van der Waals surface area contributed by atoms with E-state index >= 15 is 0 Å². The largest absolute Gasteiger partial charge is 0.391 e. The Labute approximate surface area is 70.9 Å². The van der Waals surface area contributed by atoms with Crippen molar-refractivity contribution in [1.82, 2.24) is 4.98 Å². The van der Waals surface area contributed by atoms with Crippen LogP contribution >= 0.6 is 11.3 Å². The van der Waals surface area contributed by atoms with Crippen LogP contribution in [0.4, 0.5) is 0 Å². The van der Waals surface area contributed by atoms with Gasteiger partial charge in [0.1, 0.15) is 0 Å². The molecule has 0 saturated carbocycles. The molecule has 3 heteroatoms. The molecule has 1 heterocycles. The lowest BCUT2D eigenvalue weighted by Gasteiger charge is -2.01. The van der Waals surface area contributed by atoms with Gasteiger partial charge in [0.25, 0.3) is 0 Å². The van der Waals surface area contributed by atoms with Crippen molar-refractivity contribution in [3.05, 3.63) is 16.1 Å². The molecule has 1 rings (SSSR count). The predicted molar refractivity (Wildman–Crippen MR) is 46.7 cm³/mol. The maximum Gasteiger partial charge on any atom is 0.0956 e. The first kappa shape index (κ1) is 8.68. The van der Waals surface area contributed by atoms with E-state index in [0.29, 0.717) is 5.92 Å². The van der Waals surface area contributed by atoms with E-state index in [1.807, 2.05) is 0 Å². The summed E-state index contributed by atoms with van der Waals surface area (Å²) < 4.78 is 0. The van der Waals surface area contributed by atoms with Crippen LogP contribution in [0.25, 0.3) is 0 Å². The summed E-state index contributed by atoms with van der Waals surface area (Å²) in [5, 5.41) is 9.91. The summed E-state index contributed by atoms with van der Waals surface area (Å²) in [6.45, 7) is 4.42. The van der Waals surface area contributed by atoms with Crippen LogP contribution < -0.4 is 0 Å². The van der Waals surface area contributed by atoms with Crippen molar-refractivity contribution >= 4 is 11.3 Å². The van der Waals surface area contributed by atoms with E-state index in [1.54, 1.807) is 17.5 Å². The van der Waals surface area contributed by atoms with Crippen molar-refractivity contribution in [3.63, 3.8) is 0 Å².